The second kappa shape index (κ2) is 5.15. The van der Waals surface area contributed by atoms with Gasteiger partial charge in [-0.25, -0.2) is 0 Å². The smallest absolute Gasteiger partial charge is 0.159 e. The van der Waals surface area contributed by atoms with Crippen molar-refractivity contribution in [2.24, 2.45) is 0 Å². The Hall–Kier alpha value is -1.60. The summed E-state index contributed by atoms with van der Waals surface area (Å²) < 4.78 is 0. The van der Waals surface area contributed by atoms with E-state index in [1.165, 1.54) is 5.56 Å². The molecule has 0 aliphatic rings. The number of Topliss-reactive ketones (excluding diaryl/α,β-unsaturated/α-hetero) is 1. The number of hydrogen-bond acceptors (Lipinski definition) is 1. The second-order valence-electron chi connectivity index (χ2n) is 4.07. The molecule has 0 unspecified atom stereocenters. The number of carbonyl (C=O) groups is 1. The van der Waals surface area contributed by atoms with Gasteiger partial charge in [0.05, 0.1) is 0 Å². The number of halogens is 1. The van der Waals surface area contributed by atoms with E-state index in [0.29, 0.717) is 10.6 Å². The highest BCUT2D eigenvalue weighted by molar-refractivity contribution is 6.31. The maximum Gasteiger partial charge on any atom is 0.159 e. The molecule has 0 N–H and O–H groups in total. The van der Waals surface area contributed by atoms with Crippen molar-refractivity contribution >= 4 is 17.4 Å². The molecule has 0 amide bonds. The van der Waals surface area contributed by atoms with Crippen molar-refractivity contribution < 1.29 is 4.79 Å². The van der Waals surface area contributed by atoms with E-state index >= 15 is 0 Å². The van der Waals surface area contributed by atoms with E-state index in [4.69, 9.17) is 11.6 Å². The van der Waals surface area contributed by atoms with Gasteiger partial charge >= 0.3 is 0 Å². The van der Waals surface area contributed by atoms with Gasteiger partial charge in [-0.05, 0) is 42.7 Å². The minimum Gasteiger partial charge on any atom is -0.295 e. The molecule has 2 aromatic rings. The van der Waals surface area contributed by atoms with Crippen molar-refractivity contribution in [3.63, 3.8) is 0 Å². The summed E-state index contributed by atoms with van der Waals surface area (Å²) in [4.78, 5) is 11.3. The van der Waals surface area contributed by atoms with Crippen LogP contribution in [-0.2, 0) is 6.42 Å². The zero-order valence-electron chi connectivity index (χ0n) is 9.61. The van der Waals surface area contributed by atoms with Crippen LogP contribution in [0.4, 0.5) is 0 Å². The Morgan fingerprint density at radius 3 is 2.41 bits per heavy atom. The third kappa shape index (κ3) is 3.18. The van der Waals surface area contributed by atoms with Gasteiger partial charge < -0.3 is 0 Å². The van der Waals surface area contributed by atoms with Gasteiger partial charge in [0, 0.05) is 10.6 Å². The summed E-state index contributed by atoms with van der Waals surface area (Å²) in [5.74, 6) is 0.0433. The molecule has 0 aliphatic carbocycles. The number of hydrogen-bond donors (Lipinski definition) is 0. The average molecular weight is 245 g/mol. The van der Waals surface area contributed by atoms with Gasteiger partial charge in [-0.2, -0.15) is 0 Å². The molecule has 0 spiro atoms. The van der Waals surface area contributed by atoms with Crippen molar-refractivity contribution in [2.75, 3.05) is 0 Å². The van der Waals surface area contributed by atoms with Crippen molar-refractivity contribution in [3.8, 4) is 0 Å². The van der Waals surface area contributed by atoms with E-state index in [-0.39, 0.29) is 5.78 Å². The van der Waals surface area contributed by atoms with E-state index in [9.17, 15) is 4.79 Å². The minimum absolute atomic E-state index is 0.0433. The lowest BCUT2D eigenvalue weighted by Crippen LogP contribution is -1.95. The van der Waals surface area contributed by atoms with Crippen LogP contribution in [0.15, 0.2) is 48.5 Å². The predicted molar refractivity (Wildman–Crippen MR) is 70.7 cm³/mol. The molecule has 2 rings (SSSR count). The van der Waals surface area contributed by atoms with Crippen LogP contribution in [0, 0.1) is 0 Å². The van der Waals surface area contributed by atoms with Crippen LogP contribution >= 0.6 is 11.6 Å². The molecule has 86 valence electrons. The average Bonchev–Trinajstić information content (AvgIpc) is 2.29. The van der Waals surface area contributed by atoms with Gasteiger partial charge in [0.1, 0.15) is 0 Å². The first kappa shape index (κ1) is 11.9. The lowest BCUT2D eigenvalue weighted by atomic mass is 10.0. The summed E-state index contributed by atoms with van der Waals surface area (Å²) in [6.07, 6.45) is 0.793. The van der Waals surface area contributed by atoms with Gasteiger partial charge in [-0.1, -0.05) is 41.9 Å². The molecule has 0 atom stereocenters. The standard InChI is InChI=1S/C15H13ClO/c1-11(17)14-8-13(9-15(16)10-14)7-12-5-3-2-4-6-12/h2-6,8-10H,7H2,1H3. The summed E-state index contributed by atoms with van der Waals surface area (Å²) in [5, 5.41) is 0.614. The Kier molecular flexibility index (Phi) is 3.60. The van der Waals surface area contributed by atoms with E-state index in [0.717, 1.165) is 12.0 Å². The zero-order chi connectivity index (χ0) is 12.3. The summed E-state index contributed by atoms with van der Waals surface area (Å²) in [6.45, 7) is 1.55. The SMILES string of the molecule is CC(=O)c1cc(Cl)cc(Cc2ccccc2)c1. The van der Waals surface area contributed by atoms with E-state index < -0.39 is 0 Å². The maximum atomic E-state index is 11.3. The molecule has 2 aromatic carbocycles. The van der Waals surface area contributed by atoms with Crippen molar-refractivity contribution in [3.05, 3.63) is 70.2 Å². The molecule has 17 heavy (non-hydrogen) atoms. The normalized spacial score (nSPS) is 10.2. The molecule has 0 heterocycles. The van der Waals surface area contributed by atoms with Crippen LogP contribution in [0.5, 0.6) is 0 Å². The van der Waals surface area contributed by atoms with Crippen LogP contribution in [0.1, 0.15) is 28.4 Å². The molecular weight excluding hydrogens is 232 g/mol. The fourth-order valence-electron chi connectivity index (χ4n) is 1.79. The molecule has 0 aromatic heterocycles. The van der Waals surface area contributed by atoms with Gasteiger partial charge in [0.15, 0.2) is 5.78 Å². The highest BCUT2D eigenvalue weighted by Gasteiger charge is 2.04. The molecular formula is C15H13ClO. The molecule has 2 heteroatoms. The molecule has 1 nitrogen and oxygen atoms in total. The largest absolute Gasteiger partial charge is 0.295 e. The third-order valence-electron chi connectivity index (χ3n) is 2.62. The first-order valence-corrected chi connectivity index (χ1v) is 5.87. The third-order valence-corrected chi connectivity index (χ3v) is 2.83. The highest BCUT2D eigenvalue weighted by atomic mass is 35.5. The quantitative estimate of drug-likeness (QED) is 0.742. The molecule has 0 saturated heterocycles. The number of rotatable bonds is 3. The fraction of sp³-hybridized carbons (Fsp3) is 0.133. The van der Waals surface area contributed by atoms with Crippen molar-refractivity contribution in [2.45, 2.75) is 13.3 Å². The number of carbonyl (C=O) groups excluding carboxylic acids is 1. The van der Waals surface area contributed by atoms with Gasteiger partial charge in [-0.3, -0.25) is 4.79 Å². The first-order chi connectivity index (χ1) is 8.15. The van der Waals surface area contributed by atoms with Gasteiger partial charge in [0.25, 0.3) is 0 Å². The Morgan fingerprint density at radius 1 is 1.06 bits per heavy atom. The summed E-state index contributed by atoms with van der Waals surface area (Å²) in [7, 11) is 0. The van der Waals surface area contributed by atoms with E-state index in [1.54, 1.807) is 13.0 Å². The lowest BCUT2D eigenvalue weighted by molar-refractivity contribution is 0.101. The first-order valence-electron chi connectivity index (χ1n) is 5.49. The second-order valence-corrected chi connectivity index (χ2v) is 4.50. The number of ketones is 1. The van der Waals surface area contributed by atoms with Crippen LogP contribution in [0.3, 0.4) is 0 Å². The van der Waals surface area contributed by atoms with Crippen LogP contribution in [-0.4, -0.2) is 5.78 Å². The molecule has 0 fully saturated rings. The van der Waals surface area contributed by atoms with Crippen molar-refractivity contribution in [1.29, 1.82) is 0 Å². The van der Waals surface area contributed by atoms with E-state index in [2.05, 4.69) is 12.1 Å². The minimum atomic E-state index is 0.0433. The fourth-order valence-corrected chi connectivity index (χ4v) is 2.04. The van der Waals surface area contributed by atoms with Crippen LogP contribution < -0.4 is 0 Å². The Morgan fingerprint density at radius 2 is 1.76 bits per heavy atom. The maximum absolute atomic E-state index is 11.3. The summed E-state index contributed by atoms with van der Waals surface area (Å²) in [5.41, 5.74) is 2.95. The lowest BCUT2D eigenvalue weighted by Gasteiger charge is -2.05. The number of benzene rings is 2. The topological polar surface area (TPSA) is 17.1 Å². The van der Waals surface area contributed by atoms with E-state index in [1.807, 2.05) is 30.3 Å². The molecule has 0 aliphatic heterocycles. The van der Waals surface area contributed by atoms with Crippen molar-refractivity contribution in [1.82, 2.24) is 0 Å². The van der Waals surface area contributed by atoms with Crippen LogP contribution in [0.25, 0.3) is 0 Å². The highest BCUT2D eigenvalue weighted by Crippen LogP contribution is 2.18. The Balaban J connectivity index is 2.30. The zero-order valence-corrected chi connectivity index (χ0v) is 10.4. The summed E-state index contributed by atoms with van der Waals surface area (Å²) in [6, 6.07) is 15.6. The summed E-state index contributed by atoms with van der Waals surface area (Å²) >= 11 is 6.01. The Bertz CT molecular complexity index is 532. The molecule has 0 radical (unpaired) electrons. The Labute approximate surface area is 106 Å². The monoisotopic (exact) mass is 244 g/mol. The predicted octanol–water partition coefficient (Wildman–Crippen LogP) is 4.13. The van der Waals surface area contributed by atoms with Crippen LogP contribution in [0.2, 0.25) is 5.02 Å². The van der Waals surface area contributed by atoms with Gasteiger partial charge in [-0.15, -0.1) is 0 Å². The molecule has 0 bridgehead atoms. The van der Waals surface area contributed by atoms with Gasteiger partial charge in [0.2, 0.25) is 0 Å². The molecule has 0 saturated carbocycles.